The highest BCUT2D eigenvalue weighted by atomic mass is 16.5. The van der Waals surface area contributed by atoms with Gasteiger partial charge in [-0.1, -0.05) is 18.2 Å². The summed E-state index contributed by atoms with van der Waals surface area (Å²) in [5, 5.41) is 9.84. The number of hydrogen-bond acceptors (Lipinski definition) is 4. The molecular weight excluding hydrogens is 404 g/mol. The molecule has 0 aliphatic heterocycles. The number of hydrogen-bond donors (Lipinski definition) is 2. The van der Waals surface area contributed by atoms with Gasteiger partial charge >= 0.3 is 0 Å². The Morgan fingerprint density at radius 2 is 1.81 bits per heavy atom. The van der Waals surface area contributed by atoms with Crippen LogP contribution in [-0.4, -0.2) is 28.2 Å². The van der Waals surface area contributed by atoms with Gasteiger partial charge in [-0.3, -0.25) is 14.3 Å². The third-order valence-electron chi connectivity index (χ3n) is 5.11. The Hall–Kier alpha value is -3.61. The zero-order chi connectivity index (χ0) is 22.9. The second kappa shape index (κ2) is 11.1. The molecule has 0 saturated carbocycles. The van der Waals surface area contributed by atoms with Crippen LogP contribution in [0.3, 0.4) is 0 Å². The van der Waals surface area contributed by atoms with E-state index in [1.807, 2.05) is 26.0 Å². The van der Waals surface area contributed by atoms with Gasteiger partial charge in [-0.15, -0.1) is 0 Å². The van der Waals surface area contributed by atoms with Crippen LogP contribution in [0.1, 0.15) is 43.4 Å². The maximum Gasteiger partial charge on any atom is 0.248 e. The molecule has 1 aromatic heterocycles. The SMILES string of the molecule is Cc1ccc(C)c(OCCCCC(=O)Nc2cccc(NC(=O)C(C)n3cccn3)c2)c1. The van der Waals surface area contributed by atoms with Crippen LogP contribution < -0.4 is 15.4 Å². The van der Waals surface area contributed by atoms with Gasteiger partial charge in [0.25, 0.3) is 0 Å². The van der Waals surface area contributed by atoms with Gasteiger partial charge < -0.3 is 15.4 Å². The van der Waals surface area contributed by atoms with E-state index >= 15 is 0 Å². The molecule has 0 aliphatic rings. The summed E-state index contributed by atoms with van der Waals surface area (Å²) in [5.74, 6) is 0.654. The molecule has 7 heteroatoms. The highest BCUT2D eigenvalue weighted by Gasteiger charge is 2.15. The zero-order valence-corrected chi connectivity index (χ0v) is 18.8. The fourth-order valence-corrected chi connectivity index (χ4v) is 3.21. The van der Waals surface area contributed by atoms with Crippen molar-refractivity contribution in [3.63, 3.8) is 0 Å². The first-order chi connectivity index (χ1) is 15.4. The number of aromatic nitrogens is 2. The summed E-state index contributed by atoms with van der Waals surface area (Å²) in [4.78, 5) is 24.7. The lowest BCUT2D eigenvalue weighted by Gasteiger charge is -2.13. The summed E-state index contributed by atoms with van der Waals surface area (Å²) in [6.45, 7) is 6.42. The van der Waals surface area contributed by atoms with E-state index in [4.69, 9.17) is 4.74 Å². The third kappa shape index (κ3) is 6.70. The Morgan fingerprint density at radius 1 is 1.03 bits per heavy atom. The standard InChI is InChI=1S/C25H30N4O3/c1-18-11-12-19(2)23(16-18)32-15-5-4-10-24(30)27-21-8-6-9-22(17-21)28-25(31)20(3)29-14-7-13-26-29/h6-9,11-14,16-17,20H,4-5,10,15H2,1-3H3,(H,27,30)(H,28,31). The molecule has 168 valence electrons. The molecule has 1 atom stereocenters. The normalized spacial score (nSPS) is 11.6. The van der Waals surface area contributed by atoms with Gasteiger partial charge in [0.05, 0.1) is 6.61 Å². The Bertz CT molecular complexity index is 1050. The topological polar surface area (TPSA) is 85.3 Å². The van der Waals surface area contributed by atoms with Crippen molar-refractivity contribution in [2.75, 3.05) is 17.2 Å². The quantitative estimate of drug-likeness (QED) is 0.445. The molecule has 2 N–H and O–H groups in total. The minimum Gasteiger partial charge on any atom is -0.493 e. The first-order valence-corrected chi connectivity index (χ1v) is 10.8. The summed E-state index contributed by atoms with van der Waals surface area (Å²) in [7, 11) is 0. The predicted molar refractivity (Wildman–Crippen MR) is 126 cm³/mol. The van der Waals surface area contributed by atoms with Crippen LogP contribution in [0.2, 0.25) is 0 Å². The number of ether oxygens (including phenoxy) is 1. The minimum atomic E-state index is -0.436. The highest BCUT2D eigenvalue weighted by molar-refractivity contribution is 5.95. The molecule has 3 rings (SSSR count). The van der Waals surface area contributed by atoms with Crippen LogP contribution in [0.25, 0.3) is 0 Å². The van der Waals surface area contributed by atoms with Crippen molar-refractivity contribution in [1.29, 1.82) is 0 Å². The van der Waals surface area contributed by atoms with Gasteiger partial charge in [0.15, 0.2) is 0 Å². The van der Waals surface area contributed by atoms with E-state index in [0.717, 1.165) is 24.2 Å². The van der Waals surface area contributed by atoms with Gasteiger partial charge in [-0.25, -0.2) is 0 Å². The van der Waals surface area contributed by atoms with Crippen molar-refractivity contribution in [3.05, 3.63) is 72.1 Å². The van der Waals surface area contributed by atoms with E-state index in [2.05, 4.69) is 21.8 Å². The molecule has 2 aromatic carbocycles. The summed E-state index contributed by atoms with van der Waals surface area (Å²) in [5.41, 5.74) is 3.54. The van der Waals surface area contributed by atoms with Crippen molar-refractivity contribution in [3.8, 4) is 5.75 Å². The molecule has 7 nitrogen and oxygen atoms in total. The summed E-state index contributed by atoms with van der Waals surface area (Å²) < 4.78 is 7.43. The molecular formula is C25H30N4O3. The third-order valence-corrected chi connectivity index (χ3v) is 5.11. The van der Waals surface area contributed by atoms with E-state index in [9.17, 15) is 9.59 Å². The zero-order valence-electron chi connectivity index (χ0n) is 18.8. The van der Waals surface area contributed by atoms with E-state index < -0.39 is 6.04 Å². The van der Waals surface area contributed by atoms with Gasteiger partial charge in [-0.05, 0) is 75.1 Å². The number of unbranched alkanes of at least 4 members (excludes halogenated alkanes) is 1. The second-order valence-electron chi connectivity index (χ2n) is 7.85. The van der Waals surface area contributed by atoms with Gasteiger partial charge in [-0.2, -0.15) is 5.10 Å². The van der Waals surface area contributed by atoms with Crippen LogP contribution in [-0.2, 0) is 9.59 Å². The molecule has 0 bridgehead atoms. The summed E-state index contributed by atoms with van der Waals surface area (Å²) in [6, 6.07) is 14.6. The van der Waals surface area contributed by atoms with Crippen molar-refractivity contribution < 1.29 is 14.3 Å². The lowest BCUT2D eigenvalue weighted by Crippen LogP contribution is -2.24. The molecule has 2 amide bonds. The number of carbonyl (C=O) groups is 2. The number of nitrogens with one attached hydrogen (secondary N) is 2. The average molecular weight is 435 g/mol. The number of benzene rings is 2. The molecule has 0 spiro atoms. The first kappa shape index (κ1) is 23.1. The van der Waals surface area contributed by atoms with E-state index in [1.54, 1.807) is 54.3 Å². The molecule has 0 saturated heterocycles. The van der Waals surface area contributed by atoms with Crippen LogP contribution in [0, 0.1) is 13.8 Å². The Labute approximate surface area is 188 Å². The molecule has 0 fully saturated rings. The predicted octanol–water partition coefficient (Wildman–Crippen LogP) is 4.89. The van der Waals surface area contributed by atoms with Gasteiger partial charge in [0.1, 0.15) is 11.8 Å². The number of nitrogens with zero attached hydrogens (tertiary/aromatic N) is 2. The first-order valence-electron chi connectivity index (χ1n) is 10.8. The fourth-order valence-electron chi connectivity index (χ4n) is 3.21. The number of amides is 2. The van der Waals surface area contributed by atoms with Crippen LogP contribution in [0.5, 0.6) is 5.75 Å². The smallest absolute Gasteiger partial charge is 0.248 e. The molecule has 0 radical (unpaired) electrons. The Kier molecular flexibility index (Phi) is 8.02. The summed E-state index contributed by atoms with van der Waals surface area (Å²) >= 11 is 0. The van der Waals surface area contributed by atoms with Crippen LogP contribution in [0.15, 0.2) is 60.9 Å². The number of carbonyl (C=O) groups excluding carboxylic acids is 2. The number of anilines is 2. The van der Waals surface area contributed by atoms with Crippen molar-refractivity contribution in [2.45, 2.75) is 46.1 Å². The van der Waals surface area contributed by atoms with Crippen molar-refractivity contribution in [1.82, 2.24) is 9.78 Å². The van der Waals surface area contributed by atoms with E-state index in [0.29, 0.717) is 24.4 Å². The second-order valence-corrected chi connectivity index (χ2v) is 7.85. The van der Waals surface area contributed by atoms with Crippen LogP contribution in [0.4, 0.5) is 11.4 Å². The molecule has 1 heterocycles. The number of aryl methyl sites for hydroxylation is 2. The average Bonchev–Trinajstić information content (AvgIpc) is 3.30. The lowest BCUT2D eigenvalue weighted by atomic mass is 10.1. The van der Waals surface area contributed by atoms with Crippen molar-refractivity contribution in [2.24, 2.45) is 0 Å². The molecule has 32 heavy (non-hydrogen) atoms. The largest absolute Gasteiger partial charge is 0.493 e. The van der Waals surface area contributed by atoms with E-state index in [1.165, 1.54) is 5.56 Å². The fraction of sp³-hybridized carbons (Fsp3) is 0.320. The minimum absolute atomic E-state index is 0.0647. The highest BCUT2D eigenvalue weighted by Crippen LogP contribution is 2.20. The lowest BCUT2D eigenvalue weighted by molar-refractivity contribution is -0.119. The molecule has 0 aliphatic carbocycles. The van der Waals surface area contributed by atoms with Crippen molar-refractivity contribution >= 4 is 23.2 Å². The molecule has 3 aromatic rings. The number of rotatable bonds is 10. The maximum atomic E-state index is 12.4. The van der Waals surface area contributed by atoms with Gasteiger partial charge in [0, 0.05) is 30.2 Å². The molecule has 1 unspecified atom stereocenters. The van der Waals surface area contributed by atoms with Gasteiger partial charge in [0.2, 0.25) is 11.8 Å². The summed E-state index contributed by atoms with van der Waals surface area (Å²) in [6.07, 6.45) is 5.31. The van der Waals surface area contributed by atoms with E-state index in [-0.39, 0.29) is 11.8 Å². The Balaban J connectivity index is 1.41. The maximum absolute atomic E-state index is 12.4. The van der Waals surface area contributed by atoms with Crippen LogP contribution >= 0.6 is 0 Å². The Morgan fingerprint density at radius 3 is 2.56 bits per heavy atom. The monoisotopic (exact) mass is 434 g/mol.